The minimum Gasteiger partial charge on any atom is -0.493 e. The highest BCUT2D eigenvalue weighted by molar-refractivity contribution is 9.10. The largest absolute Gasteiger partial charge is 0.493 e. The molecule has 0 heterocycles. The van der Waals surface area contributed by atoms with Crippen molar-refractivity contribution in [2.45, 2.75) is 19.8 Å². The highest BCUT2D eigenvalue weighted by atomic mass is 79.9. The van der Waals surface area contributed by atoms with E-state index in [4.69, 9.17) is 9.47 Å². The Kier molecular flexibility index (Phi) is 8.01. The van der Waals surface area contributed by atoms with Crippen LogP contribution in [-0.2, 0) is 9.59 Å². The fourth-order valence-electron chi connectivity index (χ4n) is 2.33. The molecule has 2 amide bonds. The van der Waals surface area contributed by atoms with Gasteiger partial charge in [-0.15, -0.1) is 0 Å². The maximum Gasteiger partial charge on any atom is 0.240 e. The average Bonchev–Trinajstić information content (AvgIpc) is 2.67. The number of carbonyl (C=O) groups is 2. The van der Waals surface area contributed by atoms with Crippen molar-refractivity contribution in [2.24, 2.45) is 5.10 Å². The summed E-state index contributed by atoms with van der Waals surface area (Å²) in [4.78, 5) is 23.8. The third kappa shape index (κ3) is 6.38. The molecular formula is C20H22BrN3O4. The molecule has 2 aromatic carbocycles. The molecule has 0 radical (unpaired) electrons. The minimum atomic E-state index is -0.352. The van der Waals surface area contributed by atoms with Crippen molar-refractivity contribution in [2.75, 3.05) is 19.5 Å². The molecule has 0 bridgehead atoms. The van der Waals surface area contributed by atoms with Crippen LogP contribution in [0.15, 0.2) is 46.0 Å². The van der Waals surface area contributed by atoms with Gasteiger partial charge in [-0.2, -0.15) is 5.10 Å². The first kappa shape index (κ1) is 21.4. The Hall–Kier alpha value is -2.87. The number of aryl methyl sites for hydroxylation is 1. The Labute approximate surface area is 172 Å². The van der Waals surface area contributed by atoms with Crippen LogP contribution in [-0.4, -0.2) is 32.2 Å². The number of nitrogens with zero attached hydrogens (tertiary/aromatic N) is 1. The Bertz CT molecular complexity index is 866. The Morgan fingerprint density at radius 3 is 2.39 bits per heavy atom. The number of halogens is 1. The van der Waals surface area contributed by atoms with Crippen LogP contribution < -0.4 is 20.2 Å². The molecule has 0 aromatic heterocycles. The summed E-state index contributed by atoms with van der Waals surface area (Å²) in [5, 5.41) is 6.66. The minimum absolute atomic E-state index is 0.0324. The van der Waals surface area contributed by atoms with Crippen molar-refractivity contribution in [3.63, 3.8) is 0 Å². The molecule has 2 rings (SSSR count). The van der Waals surface area contributed by atoms with Crippen LogP contribution in [0.2, 0.25) is 0 Å². The van der Waals surface area contributed by atoms with Crippen molar-refractivity contribution in [3.8, 4) is 11.5 Å². The monoisotopic (exact) mass is 447 g/mol. The number of carbonyl (C=O) groups excluding carboxylic acids is 2. The second kappa shape index (κ2) is 10.5. The van der Waals surface area contributed by atoms with Gasteiger partial charge in [0.2, 0.25) is 11.8 Å². The van der Waals surface area contributed by atoms with Gasteiger partial charge in [-0.1, -0.05) is 17.7 Å². The Morgan fingerprint density at radius 1 is 1.07 bits per heavy atom. The van der Waals surface area contributed by atoms with Gasteiger partial charge >= 0.3 is 0 Å². The lowest BCUT2D eigenvalue weighted by Gasteiger charge is -2.10. The van der Waals surface area contributed by atoms with Gasteiger partial charge in [0, 0.05) is 18.5 Å². The van der Waals surface area contributed by atoms with Crippen LogP contribution in [0.1, 0.15) is 24.0 Å². The quantitative estimate of drug-likeness (QED) is 0.477. The zero-order chi connectivity index (χ0) is 20.5. The first-order chi connectivity index (χ1) is 13.4. The van der Waals surface area contributed by atoms with Gasteiger partial charge in [0.25, 0.3) is 0 Å². The number of hydrazone groups is 1. The van der Waals surface area contributed by atoms with Gasteiger partial charge in [0.15, 0.2) is 11.5 Å². The Morgan fingerprint density at radius 2 is 1.75 bits per heavy atom. The standard InChI is InChI=1S/C20H22BrN3O4/c1-13-4-6-15(7-5-13)23-18(25)8-9-19(26)24-22-12-14-10-16(21)20(28-3)17(11-14)27-2/h4-7,10-12H,8-9H2,1-3H3,(H,23,25)(H,24,26). The molecule has 0 saturated heterocycles. The van der Waals surface area contributed by atoms with E-state index in [9.17, 15) is 9.59 Å². The average molecular weight is 448 g/mol. The van der Waals surface area contributed by atoms with E-state index in [0.717, 1.165) is 5.56 Å². The second-order valence-corrected chi connectivity index (χ2v) is 6.80. The van der Waals surface area contributed by atoms with E-state index in [1.165, 1.54) is 13.3 Å². The van der Waals surface area contributed by atoms with Crippen molar-refractivity contribution in [3.05, 3.63) is 52.0 Å². The SMILES string of the molecule is COc1cc(C=NNC(=O)CCC(=O)Nc2ccc(C)cc2)cc(Br)c1OC. The summed E-state index contributed by atoms with van der Waals surface area (Å²) < 4.78 is 11.2. The van der Waals surface area contributed by atoms with Crippen LogP contribution in [0.3, 0.4) is 0 Å². The second-order valence-electron chi connectivity index (χ2n) is 5.95. The van der Waals surface area contributed by atoms with E-state index in [2.05, 4.69) is 31.8 Å². The lowest BCUT2D eigenvalue weighted by Crippen LogP contribution is -2.20. The number of rotatable bonds is 8. The van der Waals surface area contributed by atoms with E-state index in [1.807, 2.05) is 31.2 Å². The number of amides is 2. The predicted molar refractivity (Wildman–Crippen MR) is 112 cm³/mol. The summed E-state index contributed by atoms with van der Waals surface area (Å²) in [5.74, 6) is 0.530. The summed E-state index contributed by atoms with van der Waals surface area (Å²) in [6, 6.07) is 11.0. The topological polar surface area (TPSA) is 89.0 Å². The fourth-order valence-corrected chi connectivity index (χ4v) is 2.96. The maximum absolute atomic E-state index is 11.9. The van der Waals surface area contributed by atoms with E-state index in [-0.39, 0.29) is 24.7 Å². The number of anilines is 1. The molecule has 0 aliphatic carbocycles. The van der Waals surface area contributed by atoms with Crippen molar-refractivity contribution < 1.29 is 19.1 Å². The molecule has 2 aromatic rings. The lowest BCUT2D eigenvalue weighted by molar-refractivity contribution is -0.124. The van der Waals surface area contributed by atoms with Gasteiger partial charge in [0.1, 0.15) is 0 Å². The normalized spacial score (nSPS) is 10.6. The molecule has 148 valence electrons. The van der Waals surface area contributed by atoms with E-state index in [0.29, 0.717) is 27.2 Å². The zero-order valence-corrected chi connectivity index (χ0v) is 17.5. The van der Waals surface area contributed by atoms with Gasteiger partial charge < -0.3 is 14.8 Å². The maximum atomic E-state index is 11.9. The zero-order valence-electron chi connectivity index (χ0n) is 15.9. The molecular weight excluding hydrogens is 426 g/mol. The van der Waals surface area contributed by atoms with Gasteiger partial charge in [-0.25, -0.2) is 5.43 Å². The molecule has 7 nitrogen and oxygen atoms in total. The molecule has 0 aliphatic rings. The lowest BCUT2D eigenvalue weighted by atomic mass is 10.2. The fraction of sp³-hybridized carbons (Fsp3) is 0.250. The molecule has 0 spiro atoms. The van der Waals surface area contributed by atoms with Gasteiger partial charge in [0.05, 0.1) is 24.9 Å². The van der Waals surface area contributed by atoms with Crippen LogP contribution in [0.4, 0.5) is 5.69 Å². The molecule has 2 N–H and O–H groups in total. The first-order valence-electron chi connectivity index (χ1n) is 8.53. The van der Waals surface area contributed by atoms with Gasteiger partial charge in [-0.3, -0.25) is 9.59 Å². The summed E-state index contributed by atoms with van der Waals surface area (Å²) in [6.45, 7) is 1.97. The smallest absolute Gasteiger partial charge is 0.240 e. The number of nitrogens with one attached hydrogen (secondary N) is 2. The van der Waals surface area contributed by atoms with E-state index >= 15 is 0 Å². The first-order valence-corrected chi connectivity index (χ1v) is 9.32. The summed E-state index contributed by atoms with van der Waals surface area (Å²) in [6.07, 6.45) is 1.58. The highest BCUT2D eigenvalue weighted by Gasteiger charge is 2.10. The molecule has 0 fully saturated rings. The molecule has 0 saturated carbocycles. The van der Waals surface area contributed by atoms with Crippen LogP contribution in [0.25, 0.3) is 0 Å². The van der Waals surface area contributed by atoms with Crippen molar-refractivity contribution in [1.29, 1.82) is 0 Å². The third-order valence-corrected chi connectivity index (χ3v) is 4.36. The summed E-state index contributed by atoms with van der Waals surface area (Å²) in [5.41, 5.74) is 4.93. The highest BCUT2D eigenvalue weighted by Crippen LogP contribution is 2.35. The molecule has 28 heavy (non-hydrogen) atoms. The van der Waals surface area contributed by atoms with Crippen LogP contribution >= 0.6 is 15.9 Å². The number of benzene rings is 2. The summed E-state index contributed by atoms with van der Waals surface area (Å²) >= 11 is 3.39. The molecule has 0 atom stereocenters. The third-order valence-electron chi connectivity index (χ3n) is 3.77. The van der Waals surface area contributed by atoms with Crippen molar-refractivity contribution in [1.82, 2.24) is 5.43 Å². The number of ether oxygens (including phenoxy) is 2. The van der Waals surface area contributed by atoms with Crippen LogP contribution in [0.5, 0.6) is 11.5 Å². The number of hydrogen-bond acceptors (Lipinski definition) is 5. The number of hydrogen-bond donors (Lipinski definition) is 2. The number of methoxy groups -OCH3 is 2. The van der Waals surface area contributed by atoms with E-state index in [1.54, 1.807) is 19.2 Å². The molecule has 8 heteroatoms. The van der Waals surface area contributed by atoms with Crippen LogP contribution in [0, 0.1) is 6.92 Å². The predicted octanol–water partition coefficient (Wildman–Crippen LogP) is 3.64. The van der Waals surface area contributed by atoms with Crippen molar-refractivity contribution >= 4 is 39.6 Å². The Balaban J connectivity index is 1.82. The summed E-state index contributed by atoms with van der Waals surface area (Å²) in [7, 11) is 3.08. The van der Waals surface area contributed by atoms with E-state index < -0.39 is 0 Å². The van der Waals surface area contributed by atoms with Gasteiger partial charge in [-0.05, 0) is 52.7 Å². The molecule has 0 aliphatic heterocycles. The molecule has 0 unspecified atom stereocenters.